The molecule has 120 valence electrons. The molecule has 0 spiro atoms. The predicted octanol–water partition coefficient (Wildman–Crippen LogP) is 1.77. The van der Waals surface area contributed by atoms with Crippen molar-refractivity contribution >= 4 is 27.9 Å². The van der Waals surface area contributed by atoms with Crippen LogP contribution in [0.2, 0.25) is 0 Å². The van der Waals surface area contributed by atoms with Crippen LogP contribution in [0.3, 0.4) is 0 Å². The van der Waals surface area contributed by atoms with Gasteiger partial charge < -0.3 is 5.32 Å². The van der Waals surface area contributed by atoms with Crippen molar-refractivity contribution < 1.29 is 18.0 Å². The minimum Gasteiger partial charge on any atom is -0.319 e. The summed E-state index contributed by atoms with van der Waals surface area (Å²) in [6.45, 7) is -1.27. The van der Waals surface area contributed by atoms with Crippen LogP contribution < -0.4 is 10.9 Å². The number of anilines is 1. The summed E-state index contributed by atoms with van der Waals surface area (Å²) >= 11 is 1.23. The van der Waals surface area contributed by atoms with Gasteiger partial charge in [0.15, 0.2) is 4.96 Å². The number of carbonyl (C=O) groups excluding carboxylic acids is 1. The van der Waals surface area contributed by atoms with Gasteiger partial charge in [0.2, 0.25) is 0 Å². The van der Waals surface area contributed by atoms with Crippen molar-refractivity contribution in [1.82, 2.24) is 19.2 Å². The second-order valence-corrected chi connectivity index (χ2v) is 5.40. The maximum Gasteiger partial charge on any atom is 0.408 e. The Labute approximate surface area is 130 Å². The van der Waals surface area contributed by atoms with Crippen molar-refractivity contribution in [3.8, 4) is 0 Å². The van der Waals surface area contributed by atoms with E-state index in [1.54, 1.807) is 5.38 Å². The highest BCUT2D eigenvalue weighted by molar-refractivity contribution is 7.15. The average molecular weight is 343 g/mol. The van der Waals surface area contributed by atoms with Crippen LogP contribution >= 0.6 is 11.3 Å². The largest absolute Gasteiger partial charge is 0.408 e. The molecule has 0 fully saturated rings. The quantitative estimate of drug-likeness (QED) is 0.786. The highest BCUT2D eigenvalue weighted by Gasteiger charge is 2.28. The Morgan fingerprint density at radius 2 is 2.13 bits per heavy atom. The third-order valence-electron chi connectivity index (χ3n) is 2.82. The number of nitrogens with one attached hydrogen (secondary N) is 1. The third kappa shape index (κ3) is 3.23. The number of carbonyl (C=O) groups is 1. The van der Waals surface area contributed by atoms with E-state index in [0.29, 0.717) is 9.64 Å². The lowest BCUT2D eigenvalue weighted by molar-refractivity contribution is -0.142. The van der Waals surface area contributed by atoms with Gasteiger partial charge in [0.25, 0.3) is 11.5 Å². The first-order valence-electron chi connectivity index (χ1n) is 6.19. The molecule has 0 saturated carbocycles. The van der Waals surface area contributed by atoms with Crippen LogP contribution in [0.15, 0.2) is 35.0 Å². The summed E-state index contributed by atoms with van der Waals surface area (Å²) in [4.78, 5) is 28.6. The van der Waals surface area contributed by atoms with Crippen molar-refractivity contribution in [3.63, 3.8) is 0 Å². The average Bonchev–Trinajstić information content (AvgIpc) is 3.06. The van der Waals surface area contributed by atoms with E-state index < -0.39 is 24.2 Å². The van der Waals surface area contributed by atoms with E-state index in [1.165, 1.54) is 21.9 Å². The molecule has 0 aliphatic rings. The van der Waals surface area contributed by atoms with Gasteiger partial charge in [0, 0.05) is 24.0 Å². The minimum absolute atomic E-state index is 0.0501. The summed E-state index contributed by atoms with van der Waals surface area (Å²) in [5.74, 6) is -0.769. The maximum atomic E-state index is 12.2. The van der Waals surface area contributed by atoms with Crippen molar-refractivity contribution in [1.29, 1.82) is 0 Å². The van der Waals surface area contributed by atoms with Gasteiger partial charge in [0.05, 0.1) is 11.9 Å². The van der Waals surface area contributed by atoms with E-state index >= 15 is 0 Å². The van der Waals surface area contributed by atoms with Crippen LogP contribution in [-0.2, 0) is 6.54 Å². The molecule has 0 aromatic carbocycles. The smallest absolute Gasteiger partial charge is 0.319 e. The number of hydrogen-bond acceptors (Lipinski definition) is 5. The fourth-order valence-electron chi connectivity index (χ4n) is 1.88. The number of halogens is 3. The Morgan fingerprint density at radius 1 is 1.35 bits per heavy atom. The summed E-state index contributed by atoms with van der Waals surface area (Å²) in [7, 11) is 0. The van der Waals surface area contributed by atoms with E-state index in [4.69, 9.17) is 0 Å². The lowest BCUT2D eigenvalue weighted by Crippen LogP contribution is -2.25. The highest BCUT2D eigenvalue weighted by atomic mass is 32.1. The fourth-order valence-corrected chi connectivity index (χ4v) is 2.55. The number of thiazole rings is 1. The molecular formula is C12H8F3N5O2S. The zero-order valence-electron chi connectivity index (χ0n) is 11.2. The summed E-state index contributed by atoms with van der Waals surface area (Å²) in [5.41, 5.74) is -0.727. The van der Waals surface area contributed by atoms with Crippen LogP contribution in [0.5, 0.6) is 0 Å². The van der Waals surface area contributed by atoms with Crippen LogP contribution in [0.1, 0.15) is 10.4 Å². The van der Waals surface area contributed by atoms with Gasteiger partial charge in [0.1, 0.15) is 12.1 Å². The predicted molar refractivity (Wildman–Crippen MR) is 75.6 cm³/mol. The molecule has 0 atom stereocenters. The first-order chi connectivity index (χ1) is 10.8. The van der Waals surface area contributed by atoms with Gasteiger partial charge in [-0.05, 0) is 0 Å². The first kappa shape index (κ1) is 15.2. The third-order valence-corrected chi connectivity index (χ3v) is 3.59. The van der Waals surface area contributed by atoms with E-state index in [2.05, 4.69) is 15.4 Å². The van der Waals surface area contributed by atoms with Gasteiger partial charge in [-0.2, -0.15) is 18.3 Å². The van der Waals surface area contributed by atoms with E-state index in [1.807, 2.05) is 0 Å². The molecule has 3 aromatic rings. The molecule has 0 unspecified atom stereocenters. The molecule has 23 heavy (non-hydrogen) atoms. The van der Waals surface area contributed by atoms with Crippen molar-refractivity contribution in [2.45, 2.75) is 12.7 Å². The maximum absolute atomic E-state index is 12.2. The van der Waals surface area contributed by atoms with Gasteiger partial charge in [-0.1, -0.05) is 0 Å². The molecule has 3 heterocycles. The number of aromatic nitrogens is 4. The summed E-state index contributed by atoms with van der Waals surface area (Å²) in [6.07, 6.45) is 0.286. The van der Waals surface area contributed by atoms with Crippen LogP contribution in [0.4, 0.5) is 18.9 Å². The van der Waals surface area contributed by atoms with Gasteiger partial charge in [-0.15, -0.1) is 11.3 Å². The summed E-state index contributed by atoms with van der Waals surface area (Å²) in [5, 5.41) is 7.46. The number of nitrogens with zero attached hydrogens (tertiary/aromatic N) is 4. The first-order valence-corrected chi connectivity index (χ1v) is 7.07. The van der Waals surface area contributed by atoms with Crippen LogP contribution in [0.25, 0.3) is 4.96 Å². The van der Waals surface area contributed by atoms with Crippen molar-refractivity contribution in [3.05, 3.63) is 46.1 Å². The molecule has 0 aliphatic heterocycles. The Hall–Kier alpha value is -2.69. The topological polar surface area (TPSA) is 81.3 Å². The molecule has 1 amide bonds. The van der Waals surface area contributed by atoms with Gasteiger partial charge in [-0.3, -0.25) is 18.7 Å². The standard InChI is InChI=1S/C12H8F3N5O2S/c13-12(14,15)6-19-5-7(3-17-19)18-9(21)8-4-16-11-20(10(8)22)1-2-23-11/h1-5H,6H2,(H,18,21). The monoisotopic (exact) mass is 343 g/mol. The minimum atomic E-state index is -4.42. The van der Waals surface area contributed by atoms with Crippen LogP contribution in [-0.4, -0.2) is 31.2 Å². The summed E-state index contributed by atoms with van der Waals surface area (Å²) in [6, 6.07) is 0. The number of amides is 1. The molecule has 0 aliphatic carbocycles. The van der Waals surface area contributed by atoms with Crippen molar-refractivity contribution in [2.24, 2.45) is 0 Å². The molecule has 0 saturated heterocycles. The molecule has 0 bridgehead atoms. The highest BCUT2D eigenvalue weighted by Crippen LogP contribution is 2.18. The second kappa shape index (κ2) is 5.50. The molecule has 0 radical (unpaired) electrons. The summed E-state index contributed by atoms with van der Waals surface area (Å²) < 4.78 is 38.6. The molecule has 1 N–H and O–H groups in total. The van der Waals surface area contributed by atoms with Gasteiger partial charge >= 0.3 is 6.18 Å². The lowest BCUT2D eigenvalue weighted by Gasteiger charge is -2.05. The molecular weight excluding hydrogens is 335 g/mol. The zero-order valence-corrected chi connectivity index (χ0v) is 12.1. The number of alkyl halides is 3. The SMILES string of the molecule is O=C(Nc1cnn(CC(F)(F)F)c1)c1cnc2sccn2c1=O. The second-order valence-electron chi connectivity index (χ2n) is 4.53. The Morgan fingerprint density at radius 3 is 2.87 bits per heavy atom. The van der Waals surface area contributed by atoms with Crippen molar-refractivity contribution in [2.75, 3.05) is 5.32 Å². The number of rotatable bonds is 3. The molecule has 3 rings (SSSR count). The Bertz CT molecular complexity index is 927. The zero-order chi connectivity index (χ0) is 16.6. The van der Waals surface area contributed by atoms with E-state index in [0.717, 1.165) is 18.6 Å². The lowest BCUT2D eigenvalue weighted by atomic mass is 10.3. The van der Waals surface area contributed by atoms with E-state index in [-0.39, 0.29) is 11.3 Å². The number of hydrogen-bond donors (Lipinski definition) is 1. The molecule has 3 aromatic heterocycles. The van der Waals surface area contributed by atoms with Gasteiger partial charge in [-0.25, -0.2) is 4.98 Å². The van der Waals surface area contributed by atoms with Crippen LogP contribution in [0, 0.1) is 0 Å². The normalized spacial score (nSPS) is 11.8. The fraction of sp³-hybridized carbons (Fsp3) is 0.167. The Kier molecular flexibility index (Phi) is 3.64. The number of fused-ring (bicyclic) bond motifs is 1. The van der Waals surface area contributed by atoms with E-state index in [9.17, 15) is 22.8 Å². The Balaban J connectivity index is 1.81. The molecule has 7 nitrogen and oxygen atoms in total. The molecule has 11 heteroatoms.